The van der Waals surface area contributed by atoms with E-state index in [-0.39, 0.29) is 30.3 Å². The second-order valence-corrected chi connectivity index (χ2v) is 5.12. The van der Waals surface area contributed by atoms with Gasteiger partial charge >= 0.3 is 0 Å². The zero-order chi connectivity index (χ0) is 12.3. The van der Waals surface area contributed by atoms with Gasteiger partial charge in [0, 0.05) is 12.0 Å². The first-order chi connectivity index (χ1) is 7.31. The molecule has 0 aliphatic carbocycles. The van der Waals surface area contributed by atoms with Gasteiger partial charge in [0.05, 0.1) is 18.1 Å². The fourth-order valence-corrected chi connectivity index (χ4v) is 1.52. The van der Waals surface area contributed by atoms with Crippen LogP contribution >= 0.6 is 12.2 Å². The van der Waals surface area contributed by atoms with Crippen molar-refractivity contribution in [2.45, 2.75) is 20.3 Å². The summed E-state index contributed by atoms with van der Waals surface area (Å²) in [6.07, 6.45) is 0.739. The molecule has 1 rings (SSSR count). The van der Waals surface area contributed by atoms with Crippen LogP contribution in [0.25, 0.3) is 0 Å². The summed E-state index contributed by atoms with van der Waals surface area (Å²) in [5.41, 5.74) is 5.36. The number of piperazine rings is 1. The van der Waals surface area contributed by atoms with Crippen LogP contribution in [0.3, 0.4) is 0 Å². The Morgan fingerprint density at radius 3 is 2.38 bits per heavy atom. The van der Waals surface area contributed by atoms with Gasteiger partial charge in [-0.15, -0.1) is 0 Å². The van der Waals surface area contributed by atoms with Crippen molar-refractivity contribution in [3.8, 4) is 0 Å². The minimum Gasteiger partial charge on any atom is -0.393 e. The van der Waals surface area contributed by atoms with Gasteiger partial charge in [0.15, 0.2) is 0 Å². The van der Waals surface area contributed by atoms with Crippen molar-refractivity contribution in [3.05, 3.63) is 0 Å². The van der Waals surface area contributed by atoms with Gasteiger partial charge in [0.25, 0.3) is 0 Å². The minimum absolute atomic E-state index is 0.244. The van der Waals surface area contributed by atoms with E-state index in [1.807, 2.05) is 13.8 Å². The molecule has 1 aliphatic heterocycles. The SMILES string of the molecule is CC(C)(CCN1CC(=O)NC(=O)C1)C(N)=S. The number of imide groups is 1. The molecule has 0 atom stereocenters. The van der Waals surface area contributed by atoms with Crippen molar-refractivity contribution in [1.29, 1.82) is 0 Å². The molecule has 1 heterocycles. The van der Waals surface area contributed by atoms with Crippen LogP contribution in [-0.2, 0) is 9.59 Å². The van der Waals surface area contributed by atoms with Gasteiger partial charge in [-0.25, -0.2) is 0 Å². The topological polar surface area (TPSA) is 75.4 Å². The van der Waals surface area contributed by atoms with Crippen LogP contribution in [0.1, 0.15) is 20.3 Å². The lowest BCUT2D eigenvalue weighted by atomic mass is 9.89. The molecule has 2 amide bonds. The molecule has 0 radical (unpaired) electrons. The van der Waals surface area contributed by atoms with Crippen LogP contribution in [0.5, 0.6) is 0 Å². The molecule has 5 nitrogen and oxygen atoms in total. The number of nitrogens with two attached hydrogens (primary N) is 1. The number of thiocarbonyl (C=S) groups is 1. The van der Waals surface area contributed by atoms with Crippen LogP contribution < -0.4 is 11.1 Å². The Labute approximate surface area is 100 Å². The van der Waals surface area contributed by atoms with E-state index >= 15 is 0 Å². The molecule has 0 saturated carbocycles. The van der Waals surface area contributed by atoms with Gasteiger partial charge < -0.3 is 5.73 Å². The highest BCUT2D eigenvalue weighted by Gasteiger charge is 2.26. The van der Waals surface area contributed by atoms with E-state index in [1.54, 1.807) is 4.90 Å². The average Bonchev–Trinajstić information content (AvgIpc) is 2.13. The number of hydrogen-bond acceptors (Lipinski definition) is 4. The summed E-state index contributed by atoms with van der Waals surface area (Å²) >= 11 is 4.96. The molecule has 0 bridgehead atoms. The van der Waals surface area contributed by atoms with E-state index in [9.17, 15) is 9.59 Å². The number of carbonyl (C=O) groups is 2. The van der Waals surface area contributed by atoms with Gasteiger partial charge in [-0.3, -0.25) is 19.8 Å². The van der Waals surface area contributed by atoms with Crippen molar-refractivity contribution in [2.75, 3.05) is 19.6 Å². The first-order valence-corrected chi connectivity index (χ1v) is 5.57. The Balaban J connectivity index is 2.46. The van der Waals surface area contributed by atoms with Crippen molar-refractivity contribution in [2.24, 2.45) is 11.1 Å². The molecule has 6 heteroatoms. The third-order valence-electron chi connectivity index (χ3n) is 2.73. The molecule has 0 spiro atoms. The predicted molar refractivity (Wildman–Crippen MR) is 64.8 cm³/mol. The Morgan fingerprint density at radius 1 is 1.44 bits per heavy atom. The van der Waals surface area contributed by atoms with Crippen molar-refractivity contribution < 1.29 is 9.59 Å². The number of rotatable bonds is 4. The molecule has 90 valence electrons. The van der Waals surface area contributed by atoms with Gasteiger partial charge in [0.1, 0.15) is 0 Å². The number of nitrogens with zero attached hydrogens (tertiary/aromatic N) is 1. The smallest absolute Gasteiger partial charge is 0.240 e. The van der Waals surface area contributed by atoms with E-state index in [0.717, 1.165) is 6.42 Å². The Hall–Kier alpha value is -1.01. The summed E-state index contributed by atoms with van der Waals surface area (Å²) in [5, 5.41) is 2.26. The largest absolute Gasteiger partial charge is 0.393 e. The van der Waals surface area contributed by atoms with E-state index in [0.29, 0.717) is 11.5 Å². The van der Waals surface area contributed by atoms with Gasteiger partial charge in [-0.1, -0.05) is 26.1 Å². The Bertz CT molecular complexity index is 312. The number of hydrogen-bond donors (Lipinski definition) is 2. The van der Waals surface area contributed by atoms with E-state index in [1.165, 1.54) is 0 Å². The minimum atomic E-state index is -0.246. The maximum absolute atomic E-state index is 11.1. The quantitative estimate of drug-likeness (QED) is 0.521. The number of amides is 2. The van der Waals surface area contributed by atoms with Crippen molar-refractivity contribution in [3.63, 3.8) is 0 Å². The second-order valence-electron chi connectivity index (χ2n) is 4.68. The zero-order valence-corrected chi connectivity index (χ0v) is 10.4. The van der Waals surface area contributed by atoms with Crippen LogP contribution in [0, 0.1) is 5.41 Å². The summed E-state index contributed by atoms with van der Waals surface area (Å²) < 4.78 is 0. The number of nitrogens with one attached hydrogen (secondary N) is 1. The molecule has 1 aliphatic rings. The molecule has 0 aromatic carbocycles. The summed E-state index contributed by atoms with van der Waals surface area (Å²) in [6.45, 7) is 5.09. The molecule has 1 fully saturated rings. The predicted octanol–water partition coefficient (Wildman–Crippen LogP) is -0.353. The molecule has 0 unspecified atom stereocenters. The molecular formula is C10H17N3O2S. The standard InChI is InChI=1S/C10H17N3O2S/c1-10(2,9(11)16)3-4-13-5-7(14)12-8(15)6-13/h3-6H2,1-2H3,(H2,11,16)(H,12,14,15). The lowest BCUT2D eigenvalue weighted by Crippen LogP contribution is -2.52. The monoisotopic (exact) mass is 243 g/mol. The van der Waals surface area contributed by atoms with E-state index in [4.69, 9.17) is 18.0 Å². The normalized spacial score (nSPS) is 18.4. The molecule has 16 heavy (non-hydrogen) atoms. The Kier molecular flexibility index (Phi) is 3.98. The highest BCUT2D eigenvalue weighted by Crippen LogP contribution is 2.21. The van der Waals surface area contributed by atoms with Crippen molar-refractivity contribution in [1.82, 2.24) is 10.2 Å². The third kappa shape index (κ3) is 3.53. The molecular weight excluding hydrogens is 226 g/mol. The maximum atomic E-state index is 11.1. The highest BCUT2D eigenvalue weighted by atomic mass is 32.1. The van der Waals surface area contributed by atoms with Crippen LogP contribution in [-0.4, -0.2) is 41.3 Å². The zero-order valence-electron chi connectivity index (χ0n) is 9.58. The van der Waals surface area contributed by atoms with Crippen LogP contribution in [0.15, 0.2) is 0 Å². The maximum Gasteiger partial charge on any atom is 0.240 e. The van der Waals surface area contributed by atoms with Crippen LogP contribution in [0.2, 0.25) is 0 Å². The van der Waals surface area contributed by atoms with E-state index < -0.39 is 0 Å². The van der Waals surface area contributed by atoms with Crippen LogP contribution in [0.4, 0.5) is 0 Å². The van der Waals surface area contributed by atoms with Gasteiger partial charge in [-0.05, 0) is 6.42 Å². The van der Waals surface area contributed by atoms with E-state index in [2.05, 4.69) is 5.32 Å². The number of carbonyl (C=O) groups excluding carboxylic acids is 2. The summed E-state index contributed by atoms with van der Waals surface area (Å²) in [6, 6.07) is 0. The first kappa shape index (κ1) is 13.1. The first-order valence-electron chi connectivity index (χ1n) is 5.16. The molecule has 1 saturated heterocycles. The summed E-state index contributed by atoms with van der Waals surface area (Å²) in [4.78, 5) is 24.5. The lowest BCUT2D eigenvalue weighted by Gasteiger charge is -2.29. The lowest BCUT2D eigenvalue weighted by molar-refractivity contribution is -0.136. The van der Waals surface area contributed by atoms with Gasteiger partial charge in [-0.2, -0.15) is 0 Å². The van der Waals surface area contributed by atoms with Gasteiger partial charge in [0.2, 0.25) is 11.8 Å². The fraction of sp³-hybridized carbons (Fsp3) is 0.700. The summed E-state index contributed by atoms with van der Waals surface area (Å²) in [7, 11) is 0. The third-order valence-corrected chi connectivity index (χ3v) is 3.29. The molecule has 0 aromatic heterocycles. The second kappa shape index (κ2) is 4.88. The Morgan fingerprint density at radius 2 is 1.94 bits per heavy atom. The van der Waals surface area contributed by atoms with Crippen molar-refractivity contribution >= 4 is 29.0 Å². The molecule has 3 N–H and O–H groups in total. The summed E-state index contributed by atoms with van der Waals surface area (Å²) in [5.74, 6) is -0.492. The molecule has 0 aromatic rings. The average molecular weight is 243 g/mol. The fourth-order valence-electron chi connectivity index (χ4n) is 1.42. The highest BCUT2D eigenvalue weighted by molar-refractivity contribution is 7.80.